The van der Waals surface area contributed by atoms with Crippen LogP contribution in [0.5, 0.6) is 5.75 Å². The second-order valence-electron chi connectivity index (χ2n) is 9.35. The molecule has 0 spiro atoms. The molecule has 38 heavy (non-hydrogen) atoms. The molecule has 0 radical (unpaired) electrons. The number of fused-ring (bicyclic) bond motifs is 3. The molecule has 1 aliphatic heterocycles. The van der Waals surface area contributed by atoms with Gasteiger partial charge in [0.25, 0.3) is 5.91 Å². The first-order chi connectivity index (χ1) is 18.5. The molecule has 1 N–H and O–H groups in total. The Balaban J connectivity index is 1.50. The number of sulfonamides is 1. The van der Waals surface area contributed by atoms with Gasteiger partial charge in [-0.1, -0.05) is 30.3 Å². The van der Waals surface area contributed by atoms with Crippen molar-refractivity contribution in [2.75, 3.05) is 7.11 Å². The van der Waals surface area contributed by atoms with Crippen molar-refractivity contribution in [2.24, 2.45) is 0 Å². The third-order valence-electron chi connectivity index (χ3n) is 6.80. The lowest BCUT2D eigenvalue weighted by atomic mass is 10.1. The molecule has 11 heteroatoms. The number of aromatic nitrogens is 4. The number of carbonyl (C=O) groups excluding carboxylic acids is 1. The predicted octanol–water partition coefficient (Wildman–Crippen LogP) is 3.05. The van der Waals surface area contributed by atoms with Crippen LogP contribution in [0.3, 0.4) is 0 Å². The zero-order valence-electron chi connectivity index (χ0n) is 20.7. The van der Waals surface area contributed by atoms with Gasteiger partial charge in [-0.2, -0.15) is 4.31 Å². The Morgan fingerprint density at radius 2 is 1.84 bits per heavy atom. The summed E-state index contributed by atoms with van der Waals surface area (Å²) in [5.41, 5.74) is 1.70. The van der Waals surface area contributed by atoms with Gasteiger partial charge in [0.1, 0.15) is 16.5 Å². The zero-order chi connectivity index (χ0) is 26.3. The van der Waals surface area contributed by atoms with E-state index in [9.17, 15) is 13.2 Å². The van der Waals surface area contributed by atoms with Crippen molar-refractivity contribution in [3.8, 4) is 11.6 Å². The van der Waals surface area contributed by atoms with Crippen LogP contribution in [0.15, 0.2) is 78.2 Å². The molecule has 3 heterocycles. The van der Waals surface area contributed by atoms with Crippen LogP contribution in [0.1, 0.15) is 46.3 Å². The van der Waals surface area contributed by atoms with Crippen LogP contribution < -0.4 is 10.1 Å². The fourth-order valence-corrected chi connectivity index (χ4v) is 6.45. The Bertz CT molecular complexity index is 1600. The highest BCUT2D eigenvalue weighted by Crippen LogP contribution is 2.38. The third-order valence-corrected chi connectivity index (χ3v) is 8.67. The van der Waals surface area contributed by atoms with Gasteiger partial charge in [0.05, 0.1) is 25.4 Å². The number of hydrogen-bond donors (Lipinski definition) is 1. The second kappa shape index (κ2) is 9.66. The third kappa shape index (κ3) is 4.44. The quantitative estimate of drug-likeness (QED) is 0.390. The molecule has 10 nitrogen and oxygen atoms in total. The molecule has 6 rings (SSSR count). The van der Waals surface area contributed by atoms with E-state index in [0.717, 1.165) is 18.4 Å². The first-order valence-electron chi connectivity index (χ1n) is 12.3. The highest BCUT2D eigenvalue weighted by Gasteiger charge is 2.40. The Kier molecular flexibility index (Phi) is 6.16. The molecule has 2 aromatic heterocycles. The number of hydrogen-bond acceptors (Lipinski definition) is 7. The molecule has 1 saturated carbocycles. The van der Waals surface area contributed by atoms with E-state index in [4.69, 9.17) is 4.74 Å². The van der Waals surface area contributed by atoms with Gasteiger partial charge in [-0.05, 0) is 43.0 Å². The number of amides is 1. The molecule has 2 aromatic carbocycles. The maximum atomic E-state index is 14.5. The normalized spacial score (nSPS) is 17.2. The summed E-state index contributed by atoms with van der Waals surface area (Å²) in [5.74, 6) is 0.895. The molecule has 1 atom stereocenters. The maximum Gasteiger partial charge on any atom is 0.251 e. The average Bonchev–Trinajstić information content (AvgIpc) is 3.65. The van der Waals surface area contributed by atoms with E-state index in [1.54, 1.807) is 35.4 Å². The number of nitrogens with zero attached hydrogens (tertiary/aromatic N) is 5. The molecule has 4 aromatic rings. The van der Waals surface area contributed by atoms with Crippen molar-refractivity contribution < 1.29 is 17.9 Å². The van der Waals surface area contributed by atoms with Crippen LogP contribution in [-0.2, 0) is 23.0 Å². The Labute approximate surface area is 220 Å². The second-order valence-corrected chi connectivity index (χ2v) is 11.2. The summed E-state index contributed by atoms with van der Waals surface area (Å²) in [6.07, 6.45) is 8.73. The topological polar surface area (TPSA) is 119 Å². The lowest BCUT2D eigenvalue weighted by Crippen LogP contribution is -2.36. The van der Waals surface area contributed by atoms with E-state index in [0.29, 0.717) is 23.8 Å². The smallest absolute Gasteiger partial charge is 0.251 e. The van der Waals surface area contributed by atoms with Gasteiger partial charge in [-0.3, -0.25) is 14.3 Å². The van der Waals surface area contributed by atoms with Crippen molar-refractivity contribution >= 4 is 15.9 Å². The molecular formula is C27H26N6O4S. The first kappa shape index (κ1) is 24.3. The summed E-state index contributed by atoms with van der Waals surface area (Å²) < 4.78 is 37.7. The van der Waals surface area contributed by atoms with E-state index in [1.807, 2.05) is 30.3 Å². The van der Waals surface area contributed by atoms with E-state index < -0.39 is 16.1 Å². The van der Waals surface area contributed by atoms with Crippen LogP contribution in [0, 0.1) is 0 Å². The molecule has 0 unspecified atom stereocenters. The molecule has 1 fully saturated rings. The van der Waals surface area contributed by atoms with Crippen molar-refractivity contribution in [1.29, 1.82) is 0 Å². The number of imidazole rings is 1. The first-order valence-corrected chi connectivity index (χ1v) is 13.8. The molecule has 1 aliphatic carbocycles. The highest BCUT2D eigenvalue weighted by molar-refractivity contribution is 7.89. The van der Waals surface area contributed by atoms with E-state index in [2.05, 4.69) is 20.3 Å². The Hall–Kier alpha value is -4.09. The van der Waals surface area contributed by atoms with Crippen molar-refractivity contribution in [3.05, 3.63) is 96.0 Å². The summed E-state index contributed by atoms with van der Waals surface area (Å²) in [5, 5.41) is 2.92. The van der Waals surface area contributed by atoms with Gasteiger partial charge in [0, 0.05) is 36.4 Å². The van der Waals surface area contributed by atoms with E-state index in [-0.39, 0.29) is 34.7 Å². The summed E-state index contributed by atoms with van der Waals surface area (Å²) in [6, 6.07) is 13.6. The molecule has 0 saturated heterocycles. The maximum absolute atomic E-state index is 14.5. The number of nitrogens with one attached hydrogen (secondary N) is 1. The summed E-state index contributed by atoms with van der Waals surface area (Å²) >= 11 is 0. The number of carbonyl (C=O) groups is 1. The SMILES string of the molecule is COc1ccc(C(=O)NC2CC2)cc1S(=O)(=O)N1Cc2nccnc2-n2ccnc2[C@H]1Cc1ccccc1. The minimum atomic E-state index is -4.22. The number of rotatable bonds is 7. The Morgan fingerprint density at radius 1 is 1.05 bits per heavy atom. The molecular weight excluding hydrogens is 504 g/mol. The van der Waals surface area contributed by atoms with Crippen LogP contribution in [0.25, 0.3) is 5.82 Å². The van der Waals surface area contributed by atoms with Crippen molar-refractivity contribution in [3.63, 3.8) is 0 Å². The largest absolute Gasteiger partial charge is 0.495 e. The van der Waals surface area contributed by atoms with Gasteiger partial charge >= 0.3 is 0 Å². The van der Waals surface area contributed by atoms with Gasteiger partial charge in [-0.15, -0.1) is 0 Å². The fraction of sp³-hybridized carbons (Fsp3) is 0.259. The Morgan fingerprint density at radius 3 is 2.61 bits per heavy atom. The lowest BCUT2D eigenvalue weighted by Gasteiger charge is -2.29. The molecule has 194 valence electrons. The van der Waals surface area contributed by atoms with Crippen LogP contribution >= 0.6 is 0 Å². The zero-order valence-corrected chi connectivity index (χ0v) is 21.5. The van der Waals surface area contributed by atoms with Crippen LogP contribution in [0.4, 0.5) is 0 Å². The number of ether oxygens (including phenoxy) is 1. The van der Waals surface area contributed by atoms with Gasteiger partial charge in [-0.25, -0.2) is 18.4 Å². The van der Waals surface area contributed by atoms with Gasteiger partial charge in [0.2, 0.25) is 10.0 Å². The fourth-order valence-electron chi connectivity index (χ4n) is 4.72. The molecule has 0 bridgehead atoms. The summed E-state index contributed by atoms with van der Waals surface area (Å²) in [4.78, 5) is 26.3. The van der Waals surface area contributed by atoms with Crippen LogP contribution in [0.2, 0.25) is 0 Å². The standard InChI is InChI=1S/C27H26N6O4S/c1-37-23-10-7-19(27(34)31-20-8-9-20)16-24(23)38(35,36)33-17-21-25(29-12-11-28-21)32-14-13-30-26(32)22(33)15-18-5-3-2-4-6-18/h2-7,10-14,16,20,22H,8-9,15,17H2,1H3,(H,31,34)/t22-/m1/s1. The highest BCUT2D eigenvalue weighted by atomic mass is 32.2. The molecule has 2 aliphatic rings. The predicted molar refractivity (Wildman–Crippen MR) is 138 cm³/mol. The van der Waals surface area contributed by atoms with Gasteiger partial charge in [0.15, 0.2) is 5.82 Å². The minimum absolute atomic E-state index is 0.0337. The monoisotopic (exact) mass is 530 g/mol. The van der Waals surface area contributed by atoms with Gasteiger partial charge < -0.3 is 10.1 Å². The lowest BCUT2D eigenvalue weighted by molar-refractivity contribution is 0.0951. The summed E-state index contributed by atoms with van der Waals surface area (Å²) in [7, 11) is -2.81. The van der Waals surface area contributed by atoms with Crippen molar-refractivity contribution in [1.82, 2.24) is 29.1 Å². The summed E-state index contributed by atoms with van der Waals surface area (Å²) in [6.45, 7) is -0.0337. The average molecular weight is 531 g/mol. The minimum Gasteiger partial charge on any atom is -0.495 e. The number of methoxy groups -OCH3 is 1. The van der Waals surface area contributed by atoms with Crippen LogP contribution in [-0.4, -0.2) is 51.3 Å². The van der Waals surface area contributed by atoms with Crippen molar-refractivity contribution in [2.45, 2.75) is 42.8 Å². The van der Waals surface area contributed by atoms with E-state index in [1.165, 1.54) is 23.5 Å². The number of benzene rings is 2. The van der Waals surface area contributed by atoms with E-state index >= 15 is 0 Å². The molecule has 1 amide bonds.